The molecule has 0 aromatic heterocycles. The largest absolute Gasteiger partial charge is 0.324 e. The fourth-order valence-corrected chi connectivity index (χ4v) is 3.56. The quantitative estimate of drug-likeness (QED) is 0.694. The number of nitrogens with two attached hydrogens (primary N) is 1. The van der Waals surface area contributed by atoms with E-state index in [9.17, 15) is 8.42 Å². The maximum atomic E-state index is 12.2. The molecule has 1 rings (SSSR count). The van der Waals surface area contributed by atoms with Gasteiger partial charge in [-0.1, -0.05) is 44.2 Å². The van der Waals surface area contributed by atoms with E-state index >= 15 is 0 Å². The second kappa shape index (κ2) is 9.15. The lowest BCUT2D eigenvalue weighted by Gasteiger charge is -2.21. The Morgan fingerprint density at radius 2 is 1.71 bits per heavy atom. The minimum absolute atomic E-state index is 0.153. The van der Waals surface area contributed by atoms with E-state index in [0.717, 1.165) is 18.4 Å². The summed E-state index contributed by atoms with van der Waals surface area (Å²) in [5.74, 6) is 0. The lowest BCUT2D eigenvalue weighted by molar-refractivity contribution is 0.401. The van der Waals surface area contributed by atoms with E-state index in [0.29, 0.717) is 26.1 Å². The summed E-state index contributed by atoms with van der Waals surface area (Å²) in [6, 6.07) is 9.57. The molecule has 0 saturated heterocycles. The van der Waals surface area contributed by atoms with Crippen LogP contribution in [0.4, 0.5) is 0 Å². The zero-order valence-electron chi connectivity index (χ0n) is 13.0. The monoisotopic (exact) mass is 313 g/mol. The van der Waals surface area contributed by atoms with Crippen LogP contribution in [0.2, 0.25) is 0 Å². The Balaban J connectivity index is 2.49. The van der Waals surface area contributed by atoms with Gasteiger partial charge in [0.05, 0.1) is 0 Å². The van der Waals surface area contributed by atoms with E-state index in [1.165, 1.54) is 4.31 Å². The summed E-state index contributed by atoms with van der Waals surface area (Å²) in [4.78, 5) is 0. The normalized spacial score (nSPS) is 13.5. The molecular formula is C15H27N3O2S. The van der Waals surface area contributed by atoms with Crippen LogP contribution < -0.4 is 10.5 Å². The third kappa shape index (κ3) is 6.13. The van der Waals surface area contributed by atoms with Crippen molar-refractivity contribution in [1.82, 2.24) is 9.03 Å². The van der Waals surface area contributed by atoms with Gasteiger partial charge in [-0.25, -0.2) is 4.72 Å². The molecule has 0 saturated carbocycles. The molecule has 3 N–H and O–H groups in total. The average Bonchev–Trinajstić information content (AvgIpc) is 2.47. The van der Waals surface area contributed by atoms with E-state index in [1.54, 1.807) is 0 Å². The molecule has 0 bridgehead atoms. The molecular weight excluding hydrogens is 286 g/mol. The van der Waals surface area contributed by atoms with Crippen LogP contribution in [0.1, 0.15) is 44.7 Å². The molecule has 1 aromatic carbocycles. The summed E-state index contributed by atoms with van der Waals surface area (Å²) in [5, 5.41) is 0. The first-order valence-electron chi connectivity index (χ1n) is 7.56. The van der Waals surface area contributed by atoms with Gasteiger partial charge >= 0.3 is 0 Å². The molecule has 1 aromatic rings. The average molecular weight is 313 g/mol. The first-order chi connectivity index (χ1) is 10.0. The van der Waals surface area contributed by atoms with Crippen LogP contribution in [0.3, 0.4) is 0 Å². The van der Waals surface area contributed by atoms with E-state index in [4.69, 9.17) is 5.73 Å². The summed E-state index contributed by atoms with van der Waals surface area (Å²) in [6.45, 7) is 5.40. The van der Waals surface area contributed by atoms with Crippen LogP contribution >= 0.6 is 0 Å². The van der Waals surface area contributed by atoms with Crippen molar-refractivity contribution in [2.24, 2.45) is 5.73 Å². The van der Waals surface area contributed by atoms with Crippen molar-refractivity contribution >= 4 is 10.2 Å². The van der Waals surface area contributed by atoms with Gasteiger partial charge in [0.15, 0.2) is 0 Å². The highest BCUT2D eigenvalue weighted by Gasteiger charge is 2.19. The molecule has 0 aliphatic rings. The van der Waals surface area contributed by atoms with Gasteiger partial charge in [-0.3, -0.25) is 0 Å². The van der Waals surface area contributed by atoms with Crippen molar-refractivity contribution < 1.29 is 8.42 Å². The Hall–Kier alpha value is -0.950. The number of rotatable bonds is 10. The standard InChI is InChI=1S/C15H27N3O2S/c1-3-12-18(13-4-2)21(19,20)17-11-10-15(16)14-8-6-5-7-9-14/h5-9,15,17H,3-4,10-13,16H2,1-2H3. The van der Waals surface area contributed by atoms with E-state index < -0.39 is 10.2 Å². The Kier molecular flexibility index (Phi) is 7.88. The molecule has 120 valence electrons. The summed E-state index contributed by atoms with van der Waals surface area (Å²) >= 11 is 0. The lowest BCUT2D eigenvalue weighted by atomic mass is 10.1. The fraction of sp³-hybridized carbons (Fsp3) is 0.600. The van der Waals surface area contributed by atoms with Gasteiger partial charge in [-0.2, -0.15) is 12.7 Å². The topological polar surface area (TPSA) is 75.4 Å². The maximum Gasteiger partial charge on any atom is 0.279 e. The highest BCUT2D eigenvalue weighted by atomic mass is 32.2. The Morgan fingerprint density at radius 3 is 2.24 bits per heavy atom. The molecule has 1 unspecified atom stereocenters. The molecule has 1 atom stereocenters. The van der Waals surface area contributed by atoms with Crippen molar-refractivity contribution in [3.63, 3.8) is 0 Å². The smallest absolute Gasteiger partial charge is 0.279 e. The van der Waals surface area contributed by atoms with Crippen LogP contribution in [-0.2, 0) is 10.2 Å². The fourth-order valence-electron chi connectivity index (χ4n) is 2.15. The number of benzene rings is 1. The number of hydrogen-bond donors (Lipinski definition) is 2. The van der Waals surface area contributed by atoms with Crippen LogP contribution in [0.5, 0.6) is 0 Å². The van der Waals surface area contributed by atoms with Gasteiger partial charge in [0.2, 0.25) is 0 Å². The number of nitrogens with one attached hydrogen (secondary N) is 1. The Labute approximate surface area is 128 Å². The number of hydrogen-bond acceptors (Lipinski definition) is 3. The Bertz CT molecular complexity index is 485. The molecule has 0 heterocycles. The van der Waals surface area contributed by atoms with Crippen LogP contribution in [0, 0.1) is 0 Å². The summed E-state index contributed by atoms with van der Waals surface area (Å²) < 4.78 is 28.6. The van der Waals surface area contributed by atoms with Gasteiger partial charge in [-0.15, -0.1) is 0 Å². The van der Waals surface area contributed by atoms with Gasteiger partial charge < -0.3 is 5.73 Å². The molecule has 0 amide bonds. The molecule has 5 nitrogen and oxygen atoms in total. The highest BCUT2D eigenvalue weighted by molar-refractivity contribution is 7.87. The van der Waals surface area contributed by atoms with Gasteiger partial charge in [0.1, 0.15) is 0 Å². The highest BCUT2D eigenvalue weighted by Crippen LogP contribution is 2.12. The van der Waals surface area contributed by atoms with Crippen molar-refractivity contribution in [3.8, 4) is 0 Å². The lowest BCUT2D eigenvalue weighted by Crippen LogP contribution is -2.42. The van der Waals surface area contributed by atoms with E-state index in [1.807, 2.05) is 44.2 Å². The molecule has 0 aliphatic heterocycles. The van der Waals surface area contributed by atoms with Crippen molar-refractivity contribution in [3.05, 3.63) is 35.9 Å². The SMILES string of the molecule is CCCN(CCC)S(=O)(=O)NCCC(N)c1ccccc1. The second-order valence-electron chi connectivity index (χ2n) is 5.10. The molecule has 0 radical (unpaired) electrons. The van der Waals surface area contributed by atoms with Gasteiger partial charge in [0.25, 0.3) is 10.2 Å². The van der Waals surface area contributed by atoms with Crippen molar-refractivity contribution in [2.45, 2.75) is 39.2 Å². The summed E-state index contributed by atoms with van der Waals surface area (Å²) in [6.07, 6.45) is 2.20. The minimum atomic E-state index is -3.40. The van der Waals surface area contributed by atoms with Crippen molar-refractivity contribution in [2.75, 3.05) is 19.6 Å². The first-order valence-corrected chi connectivity index (χ1v) is 9.00. The molecule has 6 heteroatoms. The number of nitrogens with zero attached hydrogens (tertiary/aromatic N) is 1. The zero-order valence-corrected chi connectivity index (χ0v) is 13.8. The summed E-state index contributed by atoms with van der Waals surface area (Å²) in [5.41, 5.74) is 7.09. The predicted molar refractivity (Wildman–Crippen MR) is 87.1 cm³/mol. The minimum Gasteiger partial charge on any atom is -0.324 e. The molecule has 0 fully saturated rings. The third-order valence-electron chi connectivity index (χ3n) is 3.25. The second-order valence-corrected chi connectivity index (χ2v) is 6.86. The van der Waals surface area contributed by atoms with E-state index in [-0.39, 0.29) is 6.04 Å². The summed E-state index contributed by atoms with van der Waals surface area (Å²) in [7, 11) is -3.40. The van der Waals surface area contributed by atoms with Gasteiger partial charge in [0, 0.05) is 25.7 Å². The van der Waals surface area contributed by atoms with Crippen LogP contribution in [0.15, 0.2) is 30.3 Å². The maximum absolute atomic E-state index is 12.2. The molecule has 21 heavy (non-hydrogen) atoms. The molecule has 0 aliphatic carbocycles. The van der Waals surface area contributed by atoms with Crippen LogP contribution in [0.25, 0.3) is 0 Å². The third-order valence-corrected chi connectivity index (χ3v) is 4.87. The van der Waals surface area contributed by atoms with Crippen molar-refractivity contribution in [1.29, 1.82) is 0 Å². The first kappa shape index (κ1) is 18.1. The Morgan fingerprint density at radius 1 is 1.14 bits per heavy atom. The molecule has 0 spiro atoms. The van der Waals surface area contributed by atoms with Gasteiger partial charge in [-0.05, 0) is 24.8 Å². The zero-order chi connectivity index (χ0) is 15.7. The predicted octanol–water partition coefficient (Wildman–Crippen LogP) is 2.03. The van der Waals surface area contributed by atoms with Crippen LogP contribution in [-0.4, -0.2) is 32.4 Å². The van der Waals surface area contributed by atoms with E-state index in [2.05, 4.69) is 4.72 Å².